The molecule has 1 aliphatic rings. The number of carbonyl (C=O) groups is 2. The van der Waals surface area contributed by atoms with Crippen LogP contribution in [0.5, 0.6) is 0 Å². The van der Waals surface area contributed by atoms with Crippen LogP contribution in [0.15, 0.2) is 29.6 Å². The van der Waals surface area contributed by atoms with Crippen LogP contribution < -0.4 is 5.32 Å². The quantitative estimate of drug-likeness (QED) is 0.812. The lowest BCUT2D eigenvalue weighted by Gasteiger charge is -2.18. The molecule has 0 atom stereocenters. The number of pyridine rings is 1. The van der Waals surface area contributed by atoms with Gasteiger partial charge in [-0.15, -0.1) is 0 Å². The summed E-state index contributed by atoms with van der Waals surface area (Å²) in [6, 6.07) is 3.47. The molecule has 0 aromatic carbocycles. The fourth-order valence-electron chi connectivity index (χ4n) is 1.47. The zero-order valence-corrected chi connectivity index (χ0v) is 9.38. The van der Waals surface area contributed by atoms with Crippen molar-refractivity contribution in [3.63, 3.8) is 0 Å². The first-order valence-corrected chi connectivity index (χ1v) is 5.22. The van der Waals surface area contributed by atoms with Crippen molar-refractivity contribution in [1.29, 1.82) is 0 Å². The van der Waals surface area contributed by atoms with Crippen LogP contribution in [0.3, 0.4) is 0 Å². The van der Waals surface area contributed by atoms with E-state index in [1.165, 1.54) is 5.01 Å². The summed E-state index contributed by atoms with van der Waals surface area (Å²) in [7, 11) is 1.54. The number of carbonyl (C=O) groups excluding carboxylic acids is 2. The number of hydrogen-bond donors (Lipinski definition) is 1. The first kappa shape index (κ1) is 11.3. The maximum atomic E-state index is 11.8. The second-order valence-electron chi connectivity index (χ2n) is 3.66. The molecule has 0 spiro atoms. The van der Waals surface area contributed by atoms with Gasteiger partial charge in [-0.25, -0.2) is 5.01 Å². The van der Waals surface area contributed by atoms with E-state index in [-0.39, 0.29) is 11.8 Å². The van der Waals surface area contributed by atoms with Gasteiger partial charge in [0.05, 0.1) is 11.9 Å². The lowest BCUT2D eigenvalue weighted by molar-refractivity contribution is -0.130. The number of rotatable bonds is 2. The van der Waals surface area contributed by atoms with Crippen LogP contribution in [-0.2, 0) is 9.59 Å². The Balaban J connectivity index is 2.07. The van der Waals surface area contributed by atoms with E-state index in [9.17, 15) is 9.59 Å². The summed E-state index contributed by atoms with van der Waals surface area (Å²) in [4.78, 5) is 26.9. The molecule has 0 saturated heterocycles. The maximum absolute atomic E-state index is 11.8. The molecule has 2 amide bonds. The van der Waals surface area contributed by atoms with Crippen LogP contribution >= 0.6 is 0 Å². The van der Waals surface area contributed by atoms with Crippen LogP contribution in [0.25, 0.3) is 0 Å². The fraction of sp³-hybridized carbons (Fsp3) is 0.273. The number of nitrogens with zero attached hydrogens (tertiary/aromatic N) is 3. The predicted octanol–water partition coefficient (Wildman–Crippen LogP) is 0.628. The molecule has 6 nitrogen and oxygen atoms in total. The smallest absolute Gasteiger partial charge is 0.271 e. The van der Waals surface area contributed by atoms with Gasteiger partial charge in [0.15, 0.2) is 0 Å². The van der Waals surface area contributed by atoms with Crippen LogP contribution in [0, 0.1) is 0 Å². The highest BCUT2D eigenvalue weighted by atomic mass is 16.2. The average Bonchev–Trinajstić information content (AvgIpc) is 2.34. The topological polar surface area (TPSA) is 74.7 Å². The standard InChI is InChI=1S/C11H12N4O2/c1-15-10(16)5-4-9(14-15)11(17)13-8-3-2-6-12-7-8/h2-3,6-7H,4-5H2,1H3,(H,13,17). The highest BCUT2D eigenvalue weighted by Gasteiger charge is 2.21. The summed E-state index contributed by atoms with van der Waals surface area (Å²) < 4.78 is 0. The van der Waals surface area contributed by atoms with Gasteiger partial charge in [-0.1, -0.05) is 0 Å². The van der Waals surface area contributed by atoms with Gasteiger partial charge in [-0.2, -0.15) is 5.10 Å². The van der Waals surface area contributed by atoms with Gasteiger partial charge < -0.3 is 5.32 Å². The Morgan fingerprint density at radius 3 is 2.94 bits per heavy atom. The Hall–Kier alpha value is -2.24. The van der Waals surface area contributed by atoms with E-state index >= 15 is 0 Å². The van der Waals surface area contributed by atoms with E-state index in [0.717, 1.165) is 0 Å². The Kier molecular flexibility index (Phi) is 3.13. The van der Waals surface area contributed by atoms with Gasteiger partial charge in [-0.3, -0.25) is 14.6 Å². The van der Waals surface area contributed by atoms with Crippen molar-refractivity contribution in [2.75, 3.05) is 12.4 Å². The van der Waals surface area contributed by atoms with Crippen molar-refractivity contribution >= 4 is 23.2 Å². The van der Waals surface area contributed by atoms with Gasteiger partial charge in [0.1, 0.15) is 5.71 Å². The van der Waals surface area contributed by atoms with Crippen molar-refractivity contribution in [2.45, 2.75) is 12.8 Å². The van der Waals surface area contributed by atoms with Crippen LogP contribution in [0.4, 0.5) is 5.69 Å². The fourth-order valence-corrected chi connectivity index (χ4v) is 1.47. The largest absolute Gasteiger partial charge is 0.319 e. The van der Waals surface area contributed by atoms with E-state index in [2.05, 4.69) is 15.4 Å². The molecule has 0 fully saturated rings. The number of anilines is 1. The van der Waals surface area contributed by atoms with E-state index < -0.39 is 0 Å². The summed E-state index contributed by atoms with van der Waals surface area (Å²) >= 11 is 0. The SMILES string of the molecule is CN1N=C(C(=O)Nc2cccnc2)CCC1=O. The molecule has 1 aromatic rings. The monoisotopic (exact) mass is 232 g/mol. The molecule has 1 N–H and O–H groups in total. The molecule has 2 heterocycles. The predicted molar refractivity (Wildman–Crippen MR) is 62.3 cm³/mol. The van der Waals surface area contributed by atoms with E-state index in [4.69, 9.17) is 0 Å². The average molecular weight is 232 g/mol. The summed E-state index contributed by atoms with van der Waals surface area (Å²) in [5.41, 5.74) is 0.968. The minimum absolute atomic E-state index is 0.0806. The van der Waals surface area contributed by atoms with Gasteiger partial charge in [0, 0.05) is 26.1 Å². The zero-order valence-electron chi connectivity index (χ0n) is 9.38. The molecule has 0 unspecified atom stereocenters. The van der Waals surface area contributed by atoms with Gasteiger partial charge in [0.2, 0.25) is 5.91 Å². The Bertz CT molecular complexity index is 470. The molecular formula is C11H12N4O2. The van der Waals surface area contributed by atoms with Crippen LogP contribution in [0.1, 0.15) is 12.8 Å². The minimum Gasteiger partial charge on any atom is -0.319 e. The molecule has 1 aliphatic heterocycles. The molecule has 0 saturated carbocycles. The van der Waals surface area contributed by atoms with Crippen molar-refractivity contribution in [2.24, 2.45) is 5.10 Å². The number of hydrogen-bond acceptors (Lipinski definition) is 4. The third kappa shape index (κ3) is 2.66. The molecule has 1 aromatic heterocycles. The van der Waals surface area contributed by atoms with Crippen molar-refractivity contribution in [3.05, 3.63) is 24.5 Å². The normalized spacial score (nSPS) is 15.5. The first-order chi connectivity index (χ1) is 8.16. The Labute approximate surface area is 98.3 Å². The van der Waals surface area contributed by atoms with E-state index in [0.29, 0.717) is 24.2 Å². The molecule has 0 bridgehead atoms. The second kappa shape index (κ2) is 4.73. The van der Waals surface area contributed by atoms with Crippen molar-refractivity contribution in [3.8, 4) is 0 Å². The Morgan fingerprint density at radius 2 is 2.29 bits per heavy atom. The molecule has 0 radical (unpaired) electrons. The molecule has 17 heavy (non-hydrogen) atoms. The summed E-state index contributed by atoms with van der Waals surface area (Å²) in [6.45, 7) is 0. The van der Waals surface area contributed by atoms with Crippen molar-refractivity contribution in [1.82, 2.24) is 9.99 Å². The first-order valence-electron chi connectivity index (χ1n) is 5.22. The van der Waals surface area contributed by atoms with Crippen molar-refractivity contribution < 1.29 is 9.59 Å². The highest BCUT2D eigenvalue weighted by Crippen LogP contribution is 2.09. The number of nitrogens with one attached hydrogen (secondary N) is 1. The van der Waals surface area contributed by atoms with Gasteiger partial charge >= 0.3 is 0 Å². The summed E-state index contributed by atoms with van der Waals surface area (Å²) in [5, 5.41) is 7.80. The molecule has 0 aliphatic carbocycles. The van der Waals surface area contributed by atoms with Crippen LogP contribution in [-0.4, -0.2) is 34.6 Å². The van der Waals surface area contributed by atoms with Crippen LogP contribution in [0.2, 0.25) is 0 Å². The zero-order chi connectivity index (χ0) is 12.3. The third-order valence-corrected chi connectivity index (χ3v) is 2.39. The minimum atomic E-state index is -0.294. The summed E-state index contributed by atoms with van der Waals surface area (Å²) in [5.74, 6) is -0.375. The maximum Gasteiger partial charge on any atom is 0.271 e. The molecule has 2 rings (SSSR count). The third-order valence-electron chi connectivity index (χ3n) is 2.39. The van der Waals surface area contributed by atoms with Gasteiger partial charge in [-0.05, 0) is 12.1 Å². The molecular weight excluding hydrogens is 220 g/mol. The lowest BCUT2D eigenvalue weighted by atomic mass is 10.1. The second-order valence-corrected chi connectivity index (χ2v) is 3.66. The summed E-state index contributed by atoms with van der Waals surface area (Å²) in [6.07, 6.45) is 3.86. The molecule has 88 valence electrons. The number of hydrazone groups is 1. The van der Waals surface area contributed by atoms with Gasteiger partial charge in [0.25, 0.3) is 5.91 Å². The van der Waals surface area contributed by atoms with E-state index in [1.807, 2.05) is 0 Å². The van der Waals surface area contributed by atoms with E-state index in [1.54, 1.807) is 31.6 Å². The number of aromatic nitrogens is 1. The Morgan fingerprint density at radius 1 is 1.47 bits per heavy atom. The lowest BCUT2D eigenvalue weighted by Crippen LogP contribution is -2.34. The highest BCUT2D eigenvalue weighted by molar-refractivity contribution is 6.43. The number of amides is 2. The molecule has 6 heteroatoms.